The molecule has 0 rings (SSSR count). The summed E-state index contributed by atoms with van der Waals surface area (Å²) in [5.41, 5.74) is 0. The summed E-state index contributed by atoms with van der Waals surface area (Å²) in [6, 6.07) is 0. The summed E-state index contributed by atoms with van der Waals surface area (Å²) in [7, 11) is 5.61. The first-order chi connectivity index (χ1) is 13.2. The molecule has 0 heterocycles. The van der Waals surface area contributed by atoms with Crippen LogP contribution in [-0.2, 0) is 9.59 Å². The summed E-state index contributed by atoms with van der Waals surface area (Å²) in [6.45, 7) is 2.47. The number of likely N-dealkylation sites (N-methyl/N-ethyl adjacent to an activating group) is 1. The molecule has 5 nitrogen and oxygen atoms in total. The summed E-state index contributed by atoms with van der Waals surface area (Å²) in [6.07, 6.45) is 16.2. The molecule has 0 aromatic carbocycles. The predicted octanol–water partition coefficient (Wildman–Crippen LogP) is 4.58. The van der Waals surface area contributed by atoms with Crippen molar-refractivity contribution < 1.29 is 24.3 Å². The fourth-order valence-corrected chi connectivity index (χ4v) is 3.36. The highest BCUT2D eigenvalue weighted by molar-refractivity contribution is 5.98. The average molecular weight is 399 g/mol. The molecular weight excluding hydrogens is 354 g/mol. The van der Waals surface area contributed by atoms with E-state index in [2.05, 4.69) is 19.1 Å². The number of rotatable bonds is 18. The maximum absolute atomic E-state index is 12.3. The van der Waals surface area contributed by atoms with Gasteiger partial charge in [0.15, 0.2) is 0 Å². The van der Waals surface area contributed by atoms with E-state index in [9.17, 15) is 19.8 Å². The van der Waals surface area contributed by atoms with Gasteiger partial charge in [0.25, 0.3) is 0 Å². The third-order valence-electron chi connectivity index (χ3n) is 4.92. The van der Waals surface area contributed by atoms with Crippen molar-refractivity contribution in [2.45, 2.75) is 90.1 Å². The lowest BCUT2D eigenvalue weighted by molar-refractivity contribution is -0.873. The predicted molar refractivity (Wildman–Crippen MR) is 115 cm³/mol. The molecule has 0 aliphatic carbocycles. The van der Waals surface area contributed by atoms with Gasteiger partial charge in [-0.25, -0.2) is 0 Å². The molecule has 0 saturated heterocycles. The van der Waals surface area contributed by atoms with Gasteiger partial charge < -0.3 is 14.7 Å². The lowest BCUT2D eigenvalue weighted by Gasteiger charge is -2.28. The Hall–Kier alpha value is -1.20. The minimum Gasteiger partial charge on any atom is -0.481 e. The van der Waals surface area contributed by atoms with Crippen LogP contribution in [0.1, 0.15) is 84.0 Å². The summed E-state index contributed by atoms with van der Waals surface area (Å²) in [4.78, 5) is 23.7. The van der Waals surface area contributed by atoms with Gasteiger partial charge >= 0.3 is 5.97 Å². The van der Waals surface area contributed by atoms with E-state index in [1.54, 1.807) is 0 Å². The maximum atomic E-state index is 12.3. The minimum absolute atomic E-state index is 0.239. The zero-order valence-electron chi connectivity index (χ0n) is 18.7. The van der Waals surface area contributed by atoms with Gasteiger partial charge in [-0.1, -0.05) is 57.6 Å². The topological polar surface area (TPSA) is 74.6 Å². The van der Waals surface area contributed by atoms with Gasteiger partial charge in [-0.05, 0) is 32.1 Å². The van der Waals surface area contributed by atoms with Gasteiger partial charge in [0.1, 0.15) is 24.3 Å². The quantitative estimate of drug-likeness (QED) is 0.153. The van der Waals surface area contributed by atoms with Crippen LogP contribution < -0.4 is 0 Å². The van der Waals surface area contributed by atoms with Gasteiger partial charge in [0, 0.05) is 6.42 Å². The van der Waals surface area contributed by atoms with E-state index in [-0.39, 0.29) is 18.7 Å². The first kappa shape index (κ1) is 26.8. The van der Waals surface area contributed by atoms with Gasteiger partial charge in [-0.15, -0.1) is 0 Å². The number of carboxylic acids is 1. The molecule has 0 aliphatic heterocycles. The number of hydrogen-bond acceptors (Lipinski definition) is 3. The molecule has 0 radical (unpaired) electrons. The summed E-state index contributed by atoms with van der Waals surface area (Å²) < 4.78 is 0.422. The molecule has 164 valence electrons. The van der Waals surface area contributed by atoms with Crippen molar-refractivity contribution in [2.75, 3.05) is 27.7 Å². The number of aliphatic hydroxyl groups is 1. The summed E-state index contributed by atoms with van der Waals surface area (Å²) in [5.74, 6) is -2.87. The zero-order valence-corrected chi connectivity index (χ0v) is 18.7. The molecular formula is C23H44NO4+. The number of Topliss-reactive ketones (excluding diaryl/α,β-unsaturated/α-hetero) is 1. The third-order valence-corrected chi connectivity index (χ3v) is 4.92. The van der Waals surface area contributed by atoms with Gasteiger partial charge in [0.2, 0.25) is 0 Å². The van der Waals surface area contributed by atoms with Crippen molar-refractivity contribution in [3.63, 3.8) is 0 Å². The van der Waals surface area contributed by atoms with Crippen LogP contribution in [0.3, 0.4) is 0 Å². The molecule has 0 aliphatic rings. The Morgan fingerprint density at radius 3 is 1.86 bits per heavy atom. The standard InChI is InChI=1S/C23H43NO4/c1-5-6-7-8-9-10-11-12-13-14-15-16-17-18-20(25)22(23(27)28)21(26)19-24(2,3)4/h10-11,21-22,26H,5-9,12-19H2,1-4H3/p+1/b11-10-. The number of aliphatic hydroxyl groups excluding tert-OH is 1. The van der Waals surface area contributed by atoms with Crippen molar-refractivity contribution in [3.05, 3.63) is 12.2 Å². The third kappa shape index (κ3) is 14.8. The Balaban J connectivity index is 3.87. The highest BCUT2D eigenvalue weighted by Gasteiger charge is 2.36. The monoisotopic (exact) mass is 398 g/mol. The Bertz CT molecular complexity index is 454. The maximum Gasteiger partial charge on any atom is 0.316 e. The van der Waals surface area contributed by atoms with Crippen molar-refractivity contribution in [2.24, 2.45) is 5.92 Å². The number of allylic oxidation sites excluding steroid dienone is 2. The SMILES string of the molecule is CCCCCC/C=C\CCCCCCCC(=O)C(C(=O)O)C(O)C[N+](C)(C)C. The molecule has 0 spiro atoms. The molecule has 0 aromatic heterocycles. The second-order valence-electron chi connectivity index (χ2n) is 8.95. The van der Waals surface area contributed by atoms with E-state index in [4.69, 9.17) is 0 Å². The lowest BCUT2D eigenvalue weighted by atomic mass is 9.93. The average Bonchev–Trinajstić information content (AvgIpc) is 2.57. The van der Waals surface area contributed by atoms with Crippen molar-refractivity contribution >= 4 is 11.8 Å². The van der Waals surface area contributed by atoms with E-state index in [0.29, 0.717) is 10.9 Å². The van der Waals surface area contributed by atoms with Crippen molar-refractivity contribution in [1.82, 2.24) is 0 Å². The number of ketones is 1. The van der Waals surface area contributed by atoms with Gasteiger partial charge in [-0.2, -0.15) is 0 Å². The summed E-state index contributed by atoms with van der Waals surface area (Å²) in [5, 5.41) is 19.5. The number of unbranched alkanes of at least 4 members (excludes halogenated alkanes) is 9. The number of carbonyl (C=O) groups is 2. The second kappa shape index (κ2) is 15.7. The Kier molecular flexibility index (Phi) is 15.0. The molecule has 0 bridgehead atoms. The number of nitrogens with zero attached hydrogens (tertiary/aromatic N) is 1. The molecule has 28 heavy (non-hydrogen) atoms. The van der Waals surface area contributed by atoms with Crippen LogP contribution in [0.4, 0.5) is 0 Å². The van der Waals surface area contributed by atoms with Crippen molar-refractivity contribution in [3.8, 4) is 0 Å². The molecule has 5 heteroatoms. The Morgan fingerprint density at radius 1 is 0.857 bits per heavy atom. The molecule has 0 saturated carbocycles. The minimum atomic E-state index is -1.31. The molecule has 0 fully saturated rings. The summed E-state index contributed by atoms with van der Waals surface area (Å²) >= 11 is 0. The number of carbonyl (C=O) groups excluding carboxylic acids is 1. The molecule has 2 N–H and O–H groups in total. The molecule has 2 unspecified atom stereocenters. The molecule has 2 atom stereocenters. The Labute approximate surface area is 172 Å². The smallest absolute Gasteiger partial charge is 0.316 e. The van der Waals surface area contributed by atoms with Gasteiger partial charge in [-0.3, -0.25) is 9.59 Å². The molecule has 0 aromatic rings. The van der Waals surface area contributed by atoms with Gasteiger partial charge in [0.05, 0.1) is 21.1 Å². The number of aliphatic carboxylic acids is 1. The first-order valence-corrected chi connectivity index (χ1v) is 11.1. The second-order valence-corrected chi connectivity index (χ2v) is 8.95. The van der Waals surface area contributed by atoms with Crippen molar-refractivity contribution in [1.29, 1.82) is 0 Å². The van der Waals surface area contributed by atoms with Crippen LogP contribution >= 0.6 is 0 Å². The first-order valence-electron chi connectivity index (χ1n) is 11.1. The lowest BCUT2D eigenvalue weighted by Crippen LogP contribution is -2.47. The number of quaternary nitrogens is 1. The van der Waals surface area contributed by atoms with E-state index in [0.717, 1.165) is 25.7 Å². The highest BCUT2D eigenvalue weighted by Crippen LogP contribution is 2.15. The van der Waals surface area contributed by atoms with Crippen LogP contribution in [0.5, 0.6) is 0 Å². The fraction of sp³-hybridized carbons (Fsp3) is 0.826. The van der Waals surface area contributed by atoms with E-state index < -0.39 is 18.0 Å². The van der Waals surface area contributed by atoms with Crippen LogP contribution in [0.15, 0.2) is 12.2 Å². The number of hydrogen-bond donors (Lipinski definition) is 2. The van der Waals surface area contributed by atoms with Crippen LogP contribution in [0.25, 0.3) is 0 Å². The largest absolute Gasteiger partial charge is 0.481 e. The molecule has 0 amide bonds. The fourth-order valence-electron chi connectivity index (χ4n) is 3.36. The van der Waals surface area contributed by atoms with Crippen LogP contribution in [0, 0.1) is 5.92 Å². The Morgan fingerprint density at radius 2 is 1.36 bits per heavy atom. The van der Waals surface area contributed by atoms with Crippen LogP contribution in [-0.4, -0.2) is 60.2 Å². The number of carboxylic acid groups (broad SMARTS) is 1. The zero-order chi connectivity index (χ0) is 21.4. The normalized spacial score (nSPS) is 14.3. The van der Waals surface area contributed by atoms with E-state index >= 15 is 0 Å². The highest BCUT2D eigenvalue weighted by atomic mass is 16.4. The van der Waals surface area contributed by atoms with Crippen LogP contribution in [0.2, 0.25) is 0 Å². The van der Waals surface area contributed by atoms with E-state index in [1.807, 2.05) is 21.1 Å². The van der Waals surface area contributed by atoms with E-state index in [1.165, 1.54) is 38.5 Å².